The van der Waals surface area contributed by atoms with Crippen LogP contribution in [0.4, 0.5) is 11.4 Å². The van der Waals surface area contributed by atoms with Gasteiger partial charge in [-0.05, 0) is 43.2 Å². The third-order valence-electron chi connectivity index (χ3n) is 4.72. The first-order valence-corrected chi connectivity index (χ1v) is 11.8. The number of nitrogens with zero attached hydrogens (tertiary/aromatic N) is 2. The lowest BCUT2D eigenvalue weighted by Crippen LogP contribution is -2.35. The molecule has 1 saturated heterocycles. The van der Waals surface area contributed by atoms with Crippen molar-refractivity contribution in [2.45, 2.75) is 17.1 Å². The number of ether oxygens (including phenoxy) is 1. The predicted molar refractivity (Wildman–Crippen MR) is 117 cm³/mol. The number of benzene rings is 1. The molecule has 0 atom stereocenters. The van der Waals surface area contributed by atoms with Crippen LogP contribution in [-0.2, 0) is 19.6 Å². The second-order valence-electron chi connectivity index (χ2n) is 6.79. The molecule has 1 N–H and O–H groups in total. The lowest BCUT2D eigenvalue weighted by molar-refractivity contribution is -0.116. The van der Waals surface area contributed by atoms with Gasteiger partial charge >= 0.3 is 5.97 Å². The molecule has 0 spiro atoms. The summed E-state index contributed by atoms with van der Waals surface area (Å²) in [5.41, 5.74) is 1.52. The van der Waals surface area contributed by atoms with Crippen molar-refractivity contribution < 1.29 is 22.7 Å². The van der Waals surface area contributed by atoms with Gasteiger partial charge in [0.1, 0.15) is 4.21 Å². The number of nitrogens with one attached hydrogen (secondary N) is 1. The lowest BCUT2D eigenvalue weighted by Gasteiger charge is -2.23. The number of carbonyl (C=O) groups excluding carboxylic acids is 2. The maximum Gasteiger partial charge on any atom is 0.337 e. The fraction of sp³-hybridized carbons (Fsp3) is 0.368. The molecule has 11 heteroatoms. The van der Waals surface area contributed by atoms with Crippen LogP contribution < -0.4 is 10.2 Å². The second-order valence-corrected chi connectivity index (χ2v) is 10.8. The highest BCUT2D eigenvalue weighted by atomic mass is 35.5. The molecule has 1 aromatic heterocycles. The fourth-order valence-corrected chi connectivity index (χ4v) is 6.00. The Bertz CT molecular complexity index is 1050. The monoisotopic (exact) mass is 471 g/mol. The number of thiophene rings is 1. The van der Waals surface area contributed by atoms with Crippen LogP contribution in [0.2, 0.25) is 4.34 Å². The zero-order valence-corrected chi connectivity index (χ0v) is 18.9. The number of rotatable bonds is 7. The summed E-state index contributed by atoms with van der Waals surface area (Å²) in [6, 6.07) is 7.86. The molecule has 0 unspecified atom stereocenters. The van der Waals surface area contributed by atoms with Gasteiger partial charge in [-0.1, -0.05) is 11.6 Å². The van der Waals surface area contributed by atoms with Crippen molar-refractivity contribution in [2.75, 3.05) is 44.0 Å². The summed E-state index contributed by atoms with van der Waals surface area (Å²) in [5, 5.41) is 2.75. The van der Waals surface area contributed by atoms with E-state index in [2.05, 4.69) is 10.2 Å². The van der Waals surface area contributed by atoms with Crippen molar-refractivity contribution in [3.05, 3.63) is 40.2 Å². The SMILES string of the molecule is COC(=O)c1ccc(N2CCCC2)c(NC(=O)CN(C)S(=O)(=O)c2ccc(Cl)s2)c1. The molecule has 8 nitrogen and oxygen atoms in total. The summed E-state index contributed by atoms with van der Waals surface area (Å²) in [6.07, 6.45) is 2.08. The molecule has 1 aliphatic rings. The Balaban J connectivity index is 1.80. The molecule has 2 aromatic rings. The molecule has 0 radical (unpaired) electrons. The van der Waals surface area contributed by atoms with E-state index in [-0.39, 0.29) is 10.8 Å². The second kappa shape index (κ2) is 9.34. The highest BCUT2D eigenvalue weighted by Crippen LogP contribution is 2.31. The van der Waals surface area contributed by atoms with E-state index in [9.17, 15) is 18.0 Å². The number of hydrogen-bond acceptors (Lipinski definition) is 7. The zero-order chi connectivity index (χ0) is 21.9. The van der Waals surface area contributed by atoms with Crippen molar-refractivity contribution in [2.24, 2.45) is 0 Å². The van der Waals surface area contributed by atoms with Crippen LogP contribution in [0.25, 0.3) is 0 Å². The van der Waals surface area contributed by atoms with Gasteiger partial charge < -0.3 is 15.0 Å². The van der Waals surface area contributed by atoms with Crippen LogP contribution in [0.15, 0.2) is 34.5 Å². The van der Waals surface area contributed by atoms with Gasteiger partial charge in [-0.3, -0.25) is 4.79 Å². The van der Waals surface area contributed by atoms with E-state index >= 15 is 0 Å². The average molecular weight is 472 g/mol. The van der Waals surface area contributed by atoms with E-state index < -0.39 is 21.9 Å². The highest BCUT2D eigenvalue weighted by molar-refractivity contribution is 7.91. The molecule has 1 fully saturated rings. The fourth-order valence-electron chi connectivity index (χ4n) is 3.18. The number of likely N-dealkylation sites (N-methyl/N-ethyl adjacent to an activating group) is 1. The van der Waals surface area contributed by atoms with Crippen LogP contribution >= 0.6 is 22.9 Å². The van der Waals surface area contributed by atoms with Crippen LogP contribution in [-0.4, -0.2) is 58.4 Å². The Labute approximate surface area is 184 Å². The molecule has 1 amide bonds. The first-order valence-electron chi connectivity index (χ1n) is 9.21. The summed E-state index contributed by atoms with van der Waals surface area (Å²) >= 11 is 6.76. The van der Waals surface area contributed by atoms with Gasteiger partial charge in [0.15, 0.2) is 0 Å². The lowest BCUT2D eigenvalue weighted by atomic mass is 10.1. The van der Waals surface area contributed by atoms with E-state index in [1.54, 1.807) is 18.2 Å². The van der Waals surface area contributed by atoms with Crippen LogP contribution in [0.5, 0.6) is 0 Å². The van der Waals surface area contributed by atoms with E-state index in [1.165, 1.54) is 26.3 Å². The van der Waals surface area contributed by atoms with Crippen molar-refractivity contribution in [1.82, 2.24) is 4.31 Å². The predicted octanol–water partition coefficient (Wildman–Crippen LogP) is 3.05. The maximum atomic E-state index is 12.6. The third kappa shape index (κ3) is 4.94. The summed E-state index contributed by atoms with van der Waals surface area (Å²) in [6.45, 7) is 1.29. The average Bonchev–Trinajstić information content (AvgIpc) is 3.39. The number of hydrogen-bond donors (Lipinski definition) is 1. The van der Waals surface area contributed by atoms with Gasteiger partial charge in [-0.15, -0.1) is 11.3 Å². The smallest absolute Gasteiger partial charge is 0.337 e. The van der Waals surface area contributed by atoms with Crippen molar-refractivity contribution in [3.8, 4) is 0 Å². The quantitative estimate of drug-likeness (QED) is 0.623. The topological polar surface area (TPSA) is 96.0 Å². The van der Waals surface area contributed by atoms with Crippen molar-refractivity contribution in [1.29, 1.82) is 0 Å². The van der Waals surface area contributed by atoms with Crippen molar-refractivity contribution >= 4 is 56.2 Å². The zero-order valence-electron chi connectivity index (χ0n) is 16.6. The number of esters is 1. The molecule has 2 heterocycles. The third-order valence-corrected chi connectivity index (χ3v) is 8.22. The van der Waals surface area contributed by atoms with E-state index in [1.807, 2.05) is 0 Å². The largest absolute Gasteiger partial charge is 0.465 e. The van der Waals surface area contributed by atoms with E-state index in [0.717, 1.165) is 47.3 Å². The molecular formula is C19H22ClN3O5S2. The minimum absolute atomic E-state index is 0.0632. The Kier molecular flexibility index (Phi) is 7.02. The summed E-state index contributed by atoms with van der Waals surface area (Å²) in [7, 11) is -1.22. The van der Waals surface area contributed by atoms with E-state index in [0.29, 0.717) is 15.6 Å². The Morgan fingerprint density at radius 2 is 1.93 bits per heavy atom. The summed E-state index contributed by atoms with van der Waals surface area (Å²) in [4.78, 5) is 26.7. The summed E-state index contributed by atoms with van der Waals surface area (Å²) < 4.78 is 31.4. The van der Waals surface area contributed by atoms with Gasteiger partial charge in [0.2, 0.25) is 5.91 Å². The molecule has 0 aliphatic carbocycles. The molecule has 0 saturated carbocycles. The Morgan fingerprint density at radius 1 is 1.23 bits per heavy atom. The first-order chi connectivity index (χ1) is 14.2. The van der Waals surface area contributed by atoms with Gasteiger partial charge in [0, 0.05) is 20.1 Å². The molecule has 3 rings (SSSR count). The van der Waals surface area contributed by atoms with Gasteiger partial charge in [0.05, 0.1) is 34.9 Å². The van der Waals surface area contributed by atoms with Crippen LogP contribution in [0.1, 0.15) is 23.2 Å². The molecule has 162 valence electrons. The Morgan fingerprint density at radius 3 is 2.53 bits per heavy atom. The minimum Gasteiger partial charge on any atom is -0.465 e. The molecular weight excluding hydrogens is 450 g/mol. The number of halogens is 1. The molecule has 1 aromatic carbocycles. The molecule has 0 bridgehead atoms. The molecule has 30 heavy (non-hydrogen) atoms. The van der Waals surface area contributed by atoms with Gasteiger partial charge in [-0.25, -0.2) is 13.2 Å². The van der Waals surface area contributed by atoms with Crippen molar-refractivity contribution in [3.63, 3.8) is 0 Å². The minimum atomic E-state index is -3.83. The molecule has 1 aliphatic heterocycles. The Hall–Kier alpha value is -2.14. The first kappa shape index (κ1) is 22.5. The highest BCUT2D eigenvalue weighted by Gasteiger charge is 2.26. The maximum absolute atomic E-state index is 12.6. The van der Waals surface area contributed by atoms with Crippen LogP contribution in [0, 0.1) is 0 Å². The number of sulfonamides is 1. The number of carbonyl (C=O) groups is 2. The number of methoxy groups -OCH3 is 1. The number of amides is 1. The van der Waals surface area contributed by atoms with Gasteiger partial charge in [0.25, 0.3) is 10.0 Å². The van der Waals surface area contributed by atoms with E-state index in [4.69, 9.17) is 16.3 Å². The standard InChI is InChI=1S/C19H22ClN3O5S2/c1-22(30(26,27)18-8-7-16(20)29-18)12-17(24)21-14-11-13(19(25)28-2)5-6-15(14)23-9-3-4-10-23/h5-8,11H,3-4,9-10,12H2,1-2H3,(H,21,24). The normalized spacial score (nSPS) is 14.2. The summed E-state index contributed by atoms with van der Waals surface area (Å²) in [5.74, 6) is -1.04. The van der Waals surface area contributed by atoms with Crippen LogP contribution in [0.3, 0.4) is 0 Å². The van der Waals surface area contributed by atoms with Gasteiger partial charge in [-0.2, -0.15) is 4.31 Å². The number of anilines is 2.